The summed E-state index contributed by atoms with van der Waals surface area (Å²) in [6.45, 7) is 2.13. The summed E-state index contributed by atoms with van der Waals surface area (Å²) >= 11 is 0. The normalized spacial score (nSPS) is 17.1. The molecule has 0 radical (unpaired) electrons. The summed E-state index contributed by atoms with van der Waals surface area (Å²) in [6, 6.07) is 15.3. The summed E-state index contributed by atoms with van der Waals surface area (Å²) in [5.41, 5.74) is 5.12. The Morgan fingerprint density at radius 1 is 1.17 bits per heavy atom. The molecular formula is C16H17NO. The molecule has 0 fully saturated rings. The SMILES string of the molecule is COc1cccc2c1NC(c1cccc(C)c1)C2. The third kappa shape index (κ3) is 1.84. The van der Waals surface area contributed by atoms with E-state index in [1.165, 1.54) is 16.7 Å². The van der Waals surface area contributed by atoms with Crippen LogP contribution in [0.2, 0.25) is 0 Å². The van der Waals surface area contributed by atoms with Crippen LogP contribution in [-0.2, 0) is 6.42 Å². The second-order valence-electron chi connectivity index (χ2n) is 4.81. The Hall–Kier alpha value is -1.96. The van der Waals surface area contributed by atoms with Gasteiger partial charge in [-0.25, -0.2) is 0 Å². The van der Waals surface area contributed by atoms with Gasteiger partial charge in [-0.15, -0.1) is 0 Å². The molecule has 0 bridgehead atoms. The van der Waals surface area contributed by atoms with Crippen LogP contribution in [0.1, 0.15) is 22.7 Å². The van der Waals surface area contributed by atoms with Crippen LogP contribution < -0.4 is 10.1 Å². The lowest BCUT2D eigenvalue weighted by Crippen LogP contribution is -2.06. The van der Waals surface area contributed by atoms with Crippen molar-refractivity contribution in [1.29, 1.82) is 0 Å². The highest BCUT2D eigenvalue weighted by Crippen LogP contribution is 2.40. The summed E-state index contributed by atoms with van der Waals surface area (Å²) in [5.74, 6) is 0.933. The standard InChI is InChI=1S/C16H17NO/c1-11-5-3-6-12(9-11)14-10-13-7-4-8-15(18-2)16(13)17-14/h3-9,14,17H,10H2,1-2H3. The third-order valence-corrected chi connectivity index (χ3v) is 3.52. The molecule has 3 rings (SSSR count). The lowest BCUT2D eigenvalue weighted by atomic mass is 10.0. The zero-order chi connectivity index (χ0) is 12.5. The highest BCUT2D eigenvalue weighted by molar-refractivity contribution is 5.67. The first-order valence-corrected chi connectivity index (χ1v) is 6.27. The van der Waals surface area contributed by atoms with Crippen molar-refractivity contribution in [3.05, 3.63) is 59.2 Å². The Kier molecular flexibility index (Phi) is 2.71. The molecule has 0 saturated carbocycles. The van der Waals surface area contributed by atoms with E-state index in [0.717, 1.165) is 17.9 Å². The van der Waals surface area contributed by atoms with Crippen LogP contribution in [-0.4, -0.2) is 7.11 Å². The van der Waals surface area contributed by atoms with Gasteiger partial charge in [0.05, 0.1) is 18.8 Å². The quantitative estimate of drug-likeness (QED) is 0.862. The average molecular weight is 239 g/mol. The topological polar surface area (TPSA) is 21.3 Å². The number of para-hydroxylation sites is 1. The minimum Gasteiger partial charge on any atom is -0.495 e. The molecule has 0 saturated heterocycles. The first-order chi connectivity index (χ1) is 8.78. The van der Waals surface area contributed by atoms with Crippen molar-refractivity contribution < 1.29 is 4.74 Å². The molecule has 18 heavy (non-hydrogen) atoms. The van der Waals surface area contributed by atoms with Gasteiger partial charge < -0.3 is 10.1 Å². The predicted molar refractivity (Wildman–Crippen MR) is 74.2 cm³/mol. The molecule has 2 aromatic rings. The smallest absolute Gasteiger partial charge is 0.142 e. The second-order valence-corrected chi connectivity index (χ2v) is 4.81. The van der Waals surface area contributed by atoms with Gasteiger partial charge in [0.1, 0.15) is 5.75 Å². The number of ether oxygens (including phenoxy) is 1. The minimum absolute atomic E-state index is 0.358. The molecule has 1 heterocycles. The van der Waals surface area contributed by atoms with Crippen molar-refractivity contribution in [2.45, 2.75) is 19.4 Å². The van der Waals surface area contributed by atoms with E-state index in [9.17, 15) is 0 Å². The zero-order valence-electron chi connectivity index (χ0n) is 10.7. The summed E-state index contributed by atoms with van der Waals surface area (Å²) in [5, 5.41) is 3.57. The molecule has 0 aromatic heterocycles. The number of anilines is 1. The van der Waals surface area contributed by atoms with Gasteiger partial charge in [-0.05, 0) is 30.5 Å². The van der Waals surface area contributed by atoms with Gasteiger partial charge in [0.15, 0.2) is 0 Å². The number of fused-ring (bicyclic) bond motifs is 1. The van der Waals surface area contributed by atoms with Crippen molar-refractivity contribution in [2.75, 3.05) is 12.4 Å². The Balaban J connectivity index is 1.93. The summed E-state index contributed by atoms with van der Waals surface area (Å²) in [4.78, 5) is 0. The van der Waals surface area contributed by atoms with E-state index in [0.29, 0.717) is 6.04 Å². The highest BCUT2D eigenvalue weighted by Gasteiger charge is 2.24. The molecule has 2 heteroatoms. The Labute approximate surface area is 108 Å². The van der Waals surface area contributed by atoms with Crippen LogP contribution in [0.3, 0.4) is 0 Å². The maximum Gasteiger partial charge on any atom is 0.142 e. The van der Waals surface area contributed by atoms with Crippen molar-refractivity contribution >= 4 is 5.69 Å². The van der Waals surface area contributed by atoms with Crippen molar-refractivity contribution in [1.82, 2.24) is 0 Å². The first-order valence-electron chi connectivity index (χ1n) is 6.27. The second kappa shape index (κ2) is 4.37. The molecule has 0 amide bonds. The largest absolute Gasteiger partial charge is 0.495 e. The van der Waals surface area contributed by atoms with Crippen LogP contribution in [0, 0.1) is 6.92 Å². The highest BCUT2D eigenvalue weighted by atomic mass is 16.5. The fraction of sp³-hybridized carbons (Fsp3) is 0.250. The van der Waals surface area contributed by atoms with Crippen LogP contribution in [0.4, 0.5) is 5.69 Å². The molecule has 0 spiro atoms. The lowest BCUT2D eigenvalue weighted by molar-refractivity contribution is 0.416. The van der Waals surface area contributed by atoms with E-state index in [1.54, 1.807) is 7.11 Å². The predicted octanol–water partition coefficient (Wildman–Crippen LogP) is 3.71. The molecule has 92 valence electrons. The monoisotopic (exact) mass is 239 g/mol. The number of methoxy groups -OCH3 is 1. The van der Waals surface area contributed by atoms with Gasteiger partial charge in [0.2, 0.25) is 0 Å². The fourth-order valence-electron chi connectivity index (χ4n) is 2.61. The summed E-state index contributed by atoms with van der Waals surface area (Å²) < 4.78 is 5.40. The van der Waals surface area contributed by atoms with Gasteiger partial charge >= 0.3 is 0 Å². The van der Waals surface area contributed by atoms with Gasteiger partial charge in [0, 0.05) is 0 Å². The first kappa shape index (κ1) is 11.1. The summed E-state index contributed by atoms with van der Waals surface area (Å²) in [6.07, 6.45) is 1.02. The molecule has 2 aromatic carbocycles. The summed E-state index contributed by atoms with van der Waals surface area (Å²) in [7, 11) is 1.72. The number of rotatable bonds is 2. The number of hydrogen-bond acceptors (Lipinski definition) is 2. The van der Waals surface area contributed by atoms with Gasteiger partial charge in [0.25, 0.3) is 0 Å². The molecule has 1 aliphatic rings. The number of hydrogen-bond donors (Lipinski definition) is 1. The Bertz CT molecular complexity index is 577. The maximum absolute atomic E-state index is 5.40. The maximum atomic E-state index is 5.40. The minimum atomic E-state index is 0.358. The lowest BCUT2D eigenvalue weighted by Gasteiger charge is -2.13. The molecule has 1 N–H and O–H groups in total. The molecule has 1 unspecified atom stereocenters. The van der Waals surface area contributed by atoms with Gasteiger partial charge in [-0.2, -0.15) is 0 Å². The number of aryl methyl sites for hydroxylation is 1. The Morgan fingerprint density at radius 2 is 2.00 bits per heavy atom. The number of nitrogens with one attached hydrogen (secondary N) is 1. The number of benzene rings is 2. The Morgan fingerprint density at radius 3 is 2.78 bits per heavy atom. The van der Waals surface area contributed by atoms with Crippen LogP contribution in [0.5, 0.6) is 5.75 Å². The van der Waals surface area contributed by atoms with E-state index in [1.807, 2.05) is 6.07 Å². The van der Waals surface area contributed by atoms with Crippen molar-refractivity contribution in [3.63, 3.8) is 0 Å². The van der Waals surface area contributed by atoms with Gasteiger partial charge in [-0.3, -0.25) is 0 Å². The van der Waals surface area contributed by atoms with E-state index < -0.39 is 0 Å². The van der Waals surface area contributed by atoms with Gasteiger partial charge in [-0.1, -0.05) is 42.0 Å². The third-order valence-electron chi connectivity index (χ3n) is 3.52. The van der Waals surface area contributed by atoms with Crippen molar-refractivity contribution in [2.24, 2.45) is 0 Å². The van der Waals surface area contributed by atoms with Crippen molar-refractivity contribution in [3.8, 4) is 5.75 Å². The zero-order valence-corrected chi connectivity index (χ0v) is 10.7. The average Bonchev–Trinajstić information content (AvgIpc) is 2.82. The van der Waals surface area contributed by atoms with E-state index in [2.05, 4.69) is 48.6 Å². The van der Waals surface area contributed by atoms with Crippen LogP contribution in [0.15, 0.2) is 42.5 Å². The van der Waals surface area contributed by atoms with Crippen LogP contribution >= 0.6 is 0 Å². The fourth-order valence-corrected chi connectivity index (χ4v) is 2.61. The molecule has 1 aliphatic heterocycles. The molecule has 2 nitrogen and oxygen atoms in total. The molecular weight excluding hydrogens is 222 g/mol. The molecule has 0 aliphatic carbocycles. The van der Waals surface area contributed by atoms with E-state index >= 15 is 0 Å². The molecule has 1 atom stereocenters. The van der Waals surface area contributed by atoms with E-state index in [-0.39, 0.29) is 0 Å². The van der Waals surface area contributed by atoms with Crippen LogP contribution in [0.25, 0.3) is 0 Å². The van der Waals surface area contributed by atoms with E-state index in [4.69, 9.17) is 4.74 Å².